The molecule has 3 aromatic carbocycles. The predicted octanol–water partition coefficient (Wildman–Crippen LogP) is 5.11. The standard InChI is InChI=1S/C31H27N5O5S/c1-41-30(37)27(19-21-11-13-23(14-12-21)34-29-25-16-17-32-20-22(25)15-18-33-29)36-31(38)35-26-9-5-6-10-28(26)42(39,40)24-7-3-2-4-8-24/h2-18,20,27H,19H2,1H3,(H,33,34)(H2,35,36,38). The van der Waals surface area contributed by atoms with Crippen molar-refractivity contribution in [3.05, 3.63) is 115 Å². The molecule has 5 rings (SSSR count). The van der Waals surface area contributed by atoms with E-state index in [2.05, 4.69) is 25.9 Å². The fourth-order valence-electron chi connectivity index (χ4n) is 4.40. The van der Waals surface area contributed by atoms with E-state index in [9.17, 15) is 18.0 Å². The van der Waals surface area contributed by atoms with Crippen LogP contribution in [0.3, 0.4) is 0 Å². The summed E-state index contributed by atoms with van der Waals surface area (Å²) >= 11 is 0. The second-order valence-electron chi connectivity index (χ2n) is 9.27. The van der Waals surface area contributed by atoms with E-state index in [1.54, 1.807) is 48.9 Å². The number of ether oxygens (including phenoxy) is 1. The van der Waals surface area contributed by atoms with Crippen LogP contribution in [0.4, 0.5) is 22.0 Å². The Kier molecular flexibility index (Phi) is 8.39. The Bertz CT molecular complexity index is 1830. The van der Waals surface area contributed by atoms with Gasteiger partial charge in [-0.1, -0.05) is 42.5 Å². The van der Waals surface area contributed by atoms with Crippen LogP contribution in [0.15, 0.2) is 119 Å². The summed E-state index contributed by atoms with van der Waals surface area (Å²) in [4.78, 5) is 34.1. The lowest BCUT2D eigenvalue weighted by atomic mass is 10.1. The van der Waals surface area contributed by atoms with E-state index in [0.717, 1.165) is 22.0 Å². The zero-order valence-corrected chi connectivity index (χ0v) is 23.3. The van der Waals surface area contributed by atoms with Gasteiger partial charge in [-0.3, -0.25) is 4.98 Å². The highest BCUT2D eigenvalue weighted by atomic mass is 32.2. The highest BCUT2D eigenvalue weighted by Crippen LogP contribution is 2.28. The van der Waals surface area contributed by atoms with Crippen molar-refractivity contribution < 1.29 is 22.7 Å². The number of urea groups is 1. The van der Waals surface area contributed by atoms with Gasteiger partial charge in [0.15, 0.2) is 0 Å². The summed E-state index contributed by atoms with van der Waals surface area (Å²) in [6.07, 6.45) is 5.31. The molecule has 0 aliphatic carbocycles. The number of para-hydroxylation sites is 1. The number of rotatable bonds is 9. The second kappa shape index (κ2) is 12.5. The van der Waals surface area contributed by atoms with Crippen LogP contribution in [0.25, 0.3) is 10.8 Å². The highest BCUT2D eigenvalue weighted by molar-refractivity contribution is 7.91. The largest absolute Gasteiger partial charge is 0.467 e. The number of carbonyl (C=O) groups is 2. The van der Waals surface area contributed by atoms with Crippen LogP contribution in [-0.2, 0) is 25.8 Å². The number of hydrogen-bond donors (Lipinski definition) is 3. The van der Waals surface area contributed by atoms with E-state index in [1.165, 1.54) is 31.4 Å². The van der Waals surface area contributed by atoms with Gasteiger partial charge in [-0.25, -0.2) is 23.0 Å². The van der Waals surface area contributed by atoms with Gasteiger partial charge in [0.2, 0.25) is 9.84 Å². The van der Waals surface area contributed by atoms with Crippen LogP contribution in [0.5, 0.6) is 0 Å². The molecule has 0 aliphatic rings. The van der Waals surface area contributed by atoms with E-state index >= 15 is 0 Å². The van der Waals surface area contributed by atoms with Crippen LogP contribution < -0.4 is 16.0 Å². The maximum absolute atomic E-state index is 13.2. The second-order valence-corrected chi connectivity index (χ2v) is 11.2. The first-order chi connectivity index (χ1) is 20.3. The predicted molar refractivity (Wildman–Crippen MR) is 159 cm³/mol. The van der Waals surface area contributed by atoms with Crippen LogP contribution in [-0.4, -0.2) is 43.5 Å². The van der Waals surface area contributed by atoms with E-state index in [4.69, 9.17) is 4.74 Å². The monoisotopic (exact) mass is 581 g/mol. The molecule has 5 aromatic rings. The topological polar surface area (TPSA) is 139 Å². The SMILES string of the molecule is COC(=O)C(Cc1ccc(Nc2nccc3cnccc23)cc1)NC(=O)Nc1ccccc1S(=O)(=O)c1ccccc1. The molecule has 3 N–H and O–H groups in total. The number of nitrogens with zero attached hydrogens (tertiary/aromatic N) is 2. The zero-order chi connectivity index (χ0) is 29.5. The van der Waals surface area contributed by atoms with Crippen LogP contribution in [0.2, 0.25) is 0 Å². The first-order valence-electron chi connectivity index (χ1n) is 12.9. The Morgan fingerprint density at radius 2 is 1.62 bits per heavy atom. The third kappa shape index (κ3) is 6.37. The number of nitrogens with one attached hydrogen (secondary N) is 3. The van der Waals surface area contributed by atoms with Gasteiger partial charge < -0.3 is 20.7 Å². The van der Waals surface area contributed by atoms with E-state index in [1.807, 2.05) is 36.4 Å². The van der Waals surface area contributed by atoms with Crippen molar-refractivity contribution in [3.63, 3.8) is 0 Å². The lowest BCUT2D eigenvalue weighted by Crippen LogP contribution is -2.45. The lowest BCUT2D eigenvalue weighted by molar-refractivity contribution is -0.142. The summed E-state index contributed by atoms with van der Waals surface area (Å²) in [5.41, 5.74) is 1.63. The minimum atomic E-state index is -3.90. The van der Waals surface area contributed by atoms with Gasteiger partial charge in [-0.15, -0.1) is 0 Å². The van der Waals surface area contributed by atoms with Crippen molar-refractivity contribution in [1.29, 1.82) is 0 Å². The Morgan fingerprint density at radius 1 is 0.881 bits per heavy atom. The summed E-state index contributed by atoms with van der Waals surface area (Å²) < 4.78 is 31.3. The van der Waals surface area contributed by atoms with E-state index in [0.29, 0.717) is 5.82 Å². The number of carbonyl (C=O) groups excluding carboxylic acids is 2. The Hall–Kier alpha value is -5.29. The van der Waals surface area contributed by atoms with Crippen LogP contribution in [0, 0.1) is 0 Å². The zero-order valence-electron chi connectivity index (χ0n) is 22.5. The number of methoxy groups -OCH3 is 1. The van der Waals surface area contributed by atoms with Gasteiger partial charge in [0.1, 0.15) is 11.9 Å². The summed E-state index contributed by atoms with van der Waals surface area (Å²) in [6.45, 7) is 0. The number of fused-ring (bicyclic) bond motifs is 1. The van der Waals surface area contributed by atoms with Crippen molar-refractivity contribution in [2.24, 2.45) is 0 Å². The van der Waals surface area contributed by atoms with Gasteiger partial charge >= 0.3 is 12.0 Å². The minimum Gasteiger partial charge on any atom is -0.467 e. The number of pyridine rings is 2. The molecule has 11 heteroatoms. The fraction of sp³-hybridized carbons (Fsp3) is 0.0968. The Labute approximate surface area is 242 Å². The van der Waals surface area contributed by atoms with Gasteiger partial charge in [0.25, 0.3) is 0 Å². The molecular formula is C31H27N5O5S. The summed E-state index contributed by atoms with van der Waals surface area (Å²) in [6, 6.07) is 23.3. The molecule has 0 bridgehead atoms. The van der Waals surface area contributed by atoms with Crippen LogP contribution >= 0.6 is 0 Å². The molecule has 0 fully saturated rings. The molecule has 0 saturated heterocycles. The highest BCUT2D eigenvalue weighted by Gasteiger charge is 2.25. The molecule has 0 aliphatic heterocycles. The van der Waals surface area contributed by atoms with Crippen molar-refractivity contribution >= 4 is 49.8 Å². The number of benzene rings is 3. The minimum absolute atomic E-state index is 0.0685. The Balaban J connectivity index is 1.28. The van der Waals surface area contributed by atoms with Gasteiger partial charge in [-0.05, 0) is 54.1 Å². The third-order valence-corrected chi connectivity index (χ3v) is 8.32. The molecule has 42 heavy (non-hydrogen) atoms. The number of sulfone groups is 1. The maximum atomic E-state index is 13.2. The van der Waals surface area contributed by atoms with E-state index < -0.39 is 27.9 Å². The van der Waals surface area contributed by atoms with Crippen molar-refractivity contribution in [1.82, 2.24) is 15.3 Å². The van der Waals surface area contributed by atoms with Crippen molar-refractivity contribution in [2.45, 2.75) is 22.3 Å². The van der Waals surface area contributed by atoms with Gasteiger partial charge in [0, 0.05) is 41.5 Å². The normalized spacial score (nSPS) is 11.8. The molecule has 2 amide bonds. The Morgan fingerprint density at radius 3 is 2.38 bits per heavy atom. The maximum Gasteiger partial charge on any atom is 0.328 e. The van der Waals surface area contributed by atoms with Gasteiger partial charge in [-0.2, -0.15) is 0 Å². The molecule has 2 heterocycles. The quantitative estimate of drug-likeness (QED) is 0.204. The molecule has 212 valence electrons. The summed E-state index contributed by atoms with van der Waals surface area (Å²) in [5, 5.41) is 10.4. The van der Waals surface area contributed by atoms with Crippen LogP contribution in [0.1, 0.15) is 5.56 Å². The van der Waals surface area contributed by atoms with E-state index in [-0.39, 0.29) is 21.9 Å². The average molecular weight is 582 g/mol. The number of aromatic nitrogens is 2. The fourth-order valence-corrected chi connectivity index (χ4v) is 5.83. The van der Waals surface area contributed by atoms with Crippen molar-refractivity contribution in [3.8, 4) is 0 Å². The molecule has 0 spiro atoms. The molecule has 0 saturated carbocycles. The van der Waals surface area contributed by atoms with Gasteiger partial charge in [0.05, 0.1) is 22.6 Å². The first kappa shape index (κ1) is 28.2. The number of anilines is 3. The molecule has 10 nitrogen and oxygen atoms in total. The number of amides is 2. The smallest absolute Gasteiger partial charge is 0.328 e. The molecular weight excluding hydrogens is 554 g/mol. The summed E-state index contributed by atoms with van der Waals surface area (Å²) in [7, 11) is -2.67. The lowest BCUT2D eigenvalue weighted by Gasteiger charge is -2.18. The summed E-state index contributed by atoms with van der Waals surface area (Å²) in [5.74, 6) is 0.0362. The van der Waals surface area contributed by atoms with Crippen molar-refractivity contribution in [2.75, 3.05) is 17.7 Å². The first-order valence-corrected chi connectivity index (χ1v) is 14.4. The third-order valence-electron chi connectivity index (χ3n) is 6.49. The number of hydrogen-bond acceptors (Lipinski definition) is 8. The number of esters is 1. The molecule has 0 radical (unpaired) electrons. The molecule has 1 unspecified atom stereocenters. The molecule has 2 aromatic heterocycles. The average Bonchev–Trinajstić information content (AvgIpc) is 3.02. The molecule has 1 atom stereocenters.